The molecule has 2 heterocycles. The summed E-state index contributed by atoms with van der Waals surface area (Å²) in [7, 11) is 0. The number of nitrogens with zero attached hydrogens (tertiary/aromatic N) is 1. The second kappa shape index (κ2) is 7.21. The Morgan fingerprint density at radius 1 is 1.19 bits per heavy atom. The number of carbonyl (C=O) groups excluding carboxylic acids is 2. The number of Topliss-reactive ketones (excluding diaryl/α,β-unsaturated/α-hetero) is 1. The lowest BCUT2D eigenvalue weighted by Gasteiger charge is -2.38. The van der Waals surface area contributed by atoms with Gasteiger partial charge in [-0.15, -0.1) is 11.3 Å². The third-order valence-electron chi connectivity index (χ3n) is 5.06. The number of para-hydroxylation sites is 1. The van der Waals surface area contributed by atoms with Crippen molar-refractivity contribution in [2.75, 3.05) is 0 Å². The van der Waals surface area contributed by atoms with Gasteiger partial charge in [-0.25, -0.2) is 0 Å². The Kier molecular flexibility index (Phi) is 4.76. The summed E-state index contributed by atoms with van der Waals surface area (Å²) in [4.78, 5) is 29.8. The quantitative estimate of drug-likeness (QED) is 0.661. The molecule has 2 N–H and O–H groups in total. The predicted octanol–water partition coefficient (Wildman–Crippen LogP) is 3.74. The van der Waals surface area contributed by atoms with Gasteiger partial charge in [0.25, 0.3) is 5.91 Å². The number of benzene rings is 1. The van der Waals surface area contributed by atoms with Crippen molar-refractivity contribution >= 4 is 33.9 Å². The van der Waals surface area contributed by atoms with E-state index in [1.165, 1.54) is 18.3 Å². The number of thiophene rings is 1. The van der Waals surface area contributed by atoms with E-state index in [0.717, 1.165) is 16.5 Å². The Balaban J connectivity index is 1.62. The molecule has 1 atom stereocenters. The van der Waals surface area contributed by atoms with Gasteiger partial charge in [-0.3, -0.25) is 14.6 Å². The summed E-state index contributed by atoms with van der Waals surface area (Å²) in [6.45, 7) is 1.49. The van der Waals surface area contributed by atoms with Crippen LogP contribution in [-0.4, -0.2) is 27.9 Å². The number of carbonyl (C=O) groups is 2. The minimum absolute atomic E-state index is 0.0450. The summed E-state index contributed by atoms with van der Waals surface area (Å²) in [5.41, 5.74) is 1.84. The molecule has 0 aliphatic heterocycles. The van der Waals surface area contributed by atoms with Crippen molar-refractivity contribution in [1.82, 2.24) is 10.3 Å². The van der Waals surface area contributed by atoms with Gasteiger partial charge in [-0.2, -0.15) is 0 Å². The maximum atomic E-state index is 12.8. The normalized spacial score (nSPS) is 20.1. The number of nitrogens with one attached hydrogen (secondary N) is 1. The summed E-state index contributed by atoms with van der Waals surface area (Å²) in [5, 5.41) is 13.9. The monoisotopic (exact) mass is 380 g/mol. The van der Waals surface area contributed by atoms with Crippen molar-refractivity contribution in [3.8, 4) is 0 Å². The summed E-state index contributed by atoms with van der Waals surface area (Å²) in [6, 6.07) is 13.1. The zero-order chi connectivity index (χ0) is 19.0. The second-order valence-electron chi connectivity index (χ2n) is 7.02. The third kappa shape index (κ3) is 3.63. The Hall–Kier alpha value is -2.57. The number of aromatic nitrogens is 1. The number of amides is 1. The minimum atomic E-state index is -0.311. The van der Waals surface area contributed by atoms with Crippen LogP contribution in [0.2, 0.25) is 0 Å². The molecule has 2 aromatic heterocycles. The van der Waals surface area contributed by atoms with Crippen LogP contribution in [0.4, 0.5) is 0 Å². The van der Waals surface area contributed by atoms with Crippen LogP contribution in [0.15, 0.2) is 48.7 Å². The van der Waals surface area contributed by atoms with Crippen molar-refractivity contribution in [3.05, 3.63) is 64.0 Å². The molecule has 1 saturated carbocycles. The molecular formula is C21H20N2O3S. The first-order valence-electron chi connectivity index (χ1n) is 8.95. The Morgan fingerprint density at radius 3 is 2.63 bits per heavy atom. The number of aliphatic hydroxyl groups is 1. The van der Waals surface area contributed by atoms with Gasteiger partial charge in [-0.05, 0) is 55.5 Å². The van der Waals surface area contributed by atoms with Crippen molar-refractivity contribution in [1.29, 1.82) is 0 Å². The predicted molar refractivity (Wildman–Crippen MR) is 105 cm³/mol. The van der Waals surface area contributed by atoms with Crippen LogP contribution in [0.3, 0.4) is 0 Å². The number of aliphatic hydroxyl groups excluding tert-OH is 1. The smallest absolute Gasteiger partial charge is 0.261 e. The highest BCUT2D eigenvalue weighted by atomic mass is 32.1. The molecule has 0 saturated heterocycles. The van der Waals surface area contributed by atoms with E-state index in [1.807, 2.05) is 30.3 Å². The summed E-state index contributed by atoms with van der Waals surface area (Å²) >= 11 is 1.20. The zero-order valence-electron chi connectivity index (χ0n) is 14.9. The fraction of sp³-hybridized carbons (Fsp3) is 0.286. The summed E-state index contributed by atoms with van der Waals surface area (Å²) in [5.74, 6) is -0.0809. The van der Waals surface area contributed by atoms with E-state index >= 15 is 0 Å². The lowest BCUT2D eigenvalue weighted by Crippen LogP contribution is -2.41. The molecule has 1 aromatic carbocycles. The second-order valence-corrected chi connectivity index (χ2v) is 8.10. The Labute approximate surface area is 161 Å². The SMILES string of the molecule is CC(=O)c1ccc(C(=O)N[C@H](c2cnc3ccccc3c2)C2CC(O)C2)s1. The molecule has 138 valence electrons. The number of hydrogen-bond donors (Lipinski definition) is 2. The van der Waals surface area contributed by atoms with Gasteiger partial charge < -0.3 is 10.4 Å². The van der Waals surface area contributed by atoms with Gasteiger partial charge in [0.1, 0.15) is 0 Å². The van der Waals surface area contributed by atoms with E-state index in [9.17, 15) is 14.7 Å². The first kappa shape index (κ1) is 17.8. The van der Waals surface area contributed by atoms with Crippen LogP contribution in [0.1, 0.15) is 50.7 Å². The molecule has 0 spiro atoms. The molecule has 0 unspecified atom stereocenters. The van der Waals surface area contributed by atoms with Gasteiger partial charge in [0.05, 0.1) is 27.4 Å². The van der Waals surface area contributed by atoms with Crippen LogP contribution in [0.25, 0.3) is 10.9 Å². The van der Waals surface area contributed by atoms with Gasteiger partial charge in [0, 0.05) is 11.6 Å². The number of rotatable bonds is 5. The highest BCUT2D eigenvalue weighted by Gasteiger charge is 2.36. The van der Waals surface area contributed by atoms with Crippen molar-refractivity contribution in [2.45, 2.75) is 31.9 Å². The van der Waals surface area contributed by atoms with E-state index in [-0.39, 0.29) is 29.8 Å². The number of pyridine rings is 1. The van der Waals surface area contributed by atoms with Crippen molar-refractivity contribution in [3.63, 3.8) is 0 Å². The van der Waals surface area contributed by atoms with E-state index in [4.69, 9.17) is 0 Å². The highest BCUT2D eigenvalue weighted by Crippen LogP contribution is 2.38. The van der Waals surface area contributed by atoms with Crippen LogP contribution in [0.5, 0.6) is 0 Å². The van der Waals surface area contributed by atoms with Crippen molar-refractivity contribution < 1.29 is 14.7 Å². The summed E-state index contributed by atoms with van der Waals surface area (Å²) < 4.78 is 0. The molecule has 1 aliphatic carbocycles. The van der Waals surface area contributed by atoms with E-state index in [0.29, 0.717) is 22.6 Å². The molecule has 1 fully saturated rings. The number of hydrogen-bond acceptors (Lipinski definition) is 5. The first-order valence-corrected chi connectivity index (χ1v) is 9.77. The maximum Gasteiger partial charge on any atom is 0.261 e. The molecular weight excluding hydrogens is 360 g/mol. The molecule has 1 aliphatic rings. The molecule has 0 bridgehead atoms. The summed E-state index contributed by atoms with van der Waals surface area (Å²) in [6.07, 6.45) is 2.80. The first-order chi connectivity index (χ1) is 13.0. The van der Waals surface area contributed by atoms with Gasteiger partial charge in [-0.1, -0.05) is 18.2 Å². The molecule has 27 heavy (non-hydrogen) atoms. The topological polar surface area (TPSA) is 79.3 Å². The van der Waals surface area contributed by atoms with Crippen molar-refractivity contribution in [2.24, 2.45) is 5.92 Å². The minimum Gasteiger partial charge on any atom is -0.393 e. The number of ketones is 1. The largest absolute Gasteiger partial charge is 0.393 e. The van der Waals surface area contributed by atoms with Crippen LogP contribution in [0, 0.1) is 5.92 Å². The molecule has 6 heteroatoms. The number of fused-ring (bicyclic) bond motifs is 1. The highest BCUT2D eigenvalue weighted by molar-refractivity contribution is 7.15. The fourth-order valence-corrected chi connectivity index (χ4v) is 4.30. The van der Waals surface area contributed by atoms with E-state index < -0.39 is 0 Å². The average molecular weight is 380 g/mol. The maximum absolute atomic E-state index is 12.8. The Morgan fingerprint density at radius 2 is 1.93 bits per heavy atom. The molecule has 4 rings (SSSR count). The van der Waals surface area contributed by atoms with E-state index in [2.05, 4.69) is 10.3 Å². The van der Waals surface area contributed by atoms with Crippen LogP contribution >= 0.6 is 11.3 Å². The third-order valence-corrected chi connectivity index (χ3v) is 6.24. The lowest BCUT2D eigenvalue weighted by atomic mass is 9.75. The molecule has 5 nitrogen and oxygen atoms in total. The Bertz CT molecular complexity index is 1010. The van der Waals surface area contributed by atoms with Gasteiger partial charge in [0.15, 0.2) is 5.78 Å². The zero-order valence-corrected chi connectivity index (χ0v) is 15.7. The average Bonchev–Trinajstić information content (AvgIpc) is 3.14. The standard InChI is InChI=1S/C21H20N2O3S/c1-12(24)18-6-7-19(27-18)21(26)23-20(14-9-16(25)10-14)15-8-13-4-2-3-5-17(13)22-11-15/h2-8,11,14,16,20,25H,9-10H2,1H3,(H,23,26)/t14?,16?,20-/m0/s1. The molecule has 0 radical (unpaired) electrons. The van der Waals surface area contributed by atoms with Gasteiger partial charge >= 0.3 is 0 Å². The van der Waals surface area contributed by atoms with Crippen LogP contribution in [-0.2, 0) is 0 Å². The fourth-order valence-electron chi connectivity index (χ4n) is 3.50. The van der Waals surface area contributed by atoms with Gasteiger partial charge in [0.2, 0.25) is 0 Å². The van der Waals surface area contributed by atoms with E-state index in [1.54, 1.807) is 18.3 Å². The molecule has 1 amide bonds. The lowest BCUT2D eigenvalue weighted by molar-refractivity contribution is 0.0235. The molecule has 3 aromatic rings. The van der Waals surface area contributed by atoms with Crippen LogP contribution < -0.4 is 5.32 Å².